The number of benzene rings is 2. The normalized spacial score (nSPS) is 13.6. The Morgan fingerprint density at radius 2 is 2.00 bits per heavy atom. The second-order valence-corrected chi connectivity index (χ2v) is 10.2. The molecule has 1 aliphatic heterocycles. The highest BCUT2D eigenvalue weighted by Gasteiger charge is 2.20. The Labute approximate surface area is 251 Å². The van der Waals surface area contributed by atoms with Crippen LogP contribution in [0, 0.1) is 0 Å². The molecule has 1 aliphatic rings. The summed E-state index contributed by atoms with van der Waals surface area (Å²) in [4.78, 5) is 46.2. The second-order valence-electron chi connectivity index (χ2n) is 9.72. The van der Waals surface area contributed by atoms with Gasteiger partial charge in [-0.25, -0.2) is 9.78 Å². The molecule has 2 bridgehead atoms. The van der Waals surface area contributed by atoms with Gasteiger partial charge in [-0.3, -0.25) is 14.9 Å². The number of nitrogens with zero attached hydrogens (tertiary/aromatic N) is 5. The van der Waals surface area contributed by atoms with Gasteiger partial charge < -0.3 is 20.4 Å². The van der Waals surface area contributed by atoms with E-state index >= 15 is 0 Å². The van der Waals surface area contributed by atoms with Crippen LogP contribution in [0.15, 0.2) is 60.6 Å². The van der Waals surface area contributed by atoms with Crippen LogP contribution in [0.5, 0.6) is 0 Å². The molecule has 0 fully saturated rings. The fourth-order valence-corrected chi connectivity index (χ4v) is 4.73. The number of nitrogens with one attached hydrogen (secondary N) is 4. The van der Waals surface area contributed by atoms with Crippen molar-refractivity contribution < 1.29 is 19.1 Å². The third-order valence-corrected chi connectivity index (χ3v) is 6.86. The molecule has 0 aliphatic carbocycles. The summed E-state index contributed by atoms with van der Waals surface area (Å²) >= 11 is 6.21. The molecule has 43 heavy (non-hydrogen) atoms. The number of anilines is 3. The van der Waals surface area contributed by atoms with Gasteiger partial charge in [-0.05, 0) is 66.6 Å². The van der Waals surface area contributed by atoms with Gasteiger partial charge in [0.25, 0.3) is 0 Å². The number of allylic oxidation sites excluding steroid dienone is 2. The standard InChI is InChI=1S/C29H28ClN9O4/c1-17-4-3-5-25-31-15-23(34-25)28-21(35-26(40)10-6-17)13-20(33-29(42)43-2)14-22(28)36-27(41)11-7-18-12-19(30)8-9-24(18)39-16-32-37-38-39/h4,7-9,11-16H,3,5-6,10H2,1-2H3,(H,31,34)(H,33,42)(H,35,40)(H,36,41). The molecule has 4 aromatic rings. The maximum absolute atomic E-state index is 13.3. The van der Waals surface area contributed by atoms with Crippen molar-refractivity contribution in [3.63, 3.8) is 0 Å². The SMILES string of the molecule is COC(=O)Nc1cc(NC(=O)C=Cc2cc(Cl)ccc2-n2cnnn2)c2c(c1)NC(=O)CCC(C)=CCCc1ncc-2[nH]1. The van der Waals surface area contributed by atoms with E-state index in [1.165, 1.54) is 24.2 Å². The summed E-state index contributed by atoms with van der Waals surface area (Å²) in [7, 11) is 1.24. The highest BCUT2D eigenvalue weighted by atomic mass is 35.5. The molecule has 0 saturated carbocycles. The van der Waals surface area contributed by atoms with Crippen LogP contribution in [0.1, 0.15) is 37.6 Å². The summed E-state index contributed by atoms with van der Waals surface area (Å²) in [6.07, 6.45) is 9.66. The van der Waals surface area contributed by atoms with Crippen LogP contribution in [-0.2, 0) is 20.7 Å². The largest absolute Gasteiger partial charge is 0.453 e. The van der Waals surface area contributed by atoms with E-state index in [0.29, 0.717) is 57.4 Å². The Morgan fingerprint density at radius 3 is 2.79 bits per heavy atom. The van der Waals surface area contributed by atoms with Crippen LogP contribution in [0.2, 0.25) is 5.02 Å². The van der Waals surface area contributed by atoms with Crippen LogP contribution in [0.4, 0.5) is 21.9 Å². The molecule has 14 heteroatoms. The molecule has 3 amide bonds. The summed E-state index contributed by atoms with van der Waals surface area (Å²) in [5, 5.41) is 20.1. The summed E-state index contributed by atoms with van der Waals surface area (Å²) in [5.74, 6) is 0.0333. The van der Waals surface area contributed by atoms with E-state index in [4.69, 9.17) is 16.3 Å². The van der Waals surface area contributed by atoms with E-state index in [1.807, 2.05) is 6.92 Å². The van der Waals surface area contributed by atoms with Gasteiger partial charge in [0.2, 0.25) is 11.8 Å². The Kier molecular flexibility index (Phi) is 8.91. The van der Waals surface area contributed by atoms with Gasteiger partial charge in [-0.1, -0.05) is 23.3 Å². The van der Waals surface area contributed by atoms with Crippen LogP contribution in [0.3, 0.4) is 0 Å². The first kappa shape index (κ1) is 29.2. The number of methoxy groups -OCH3 is 1. The lowest BCUT2D eigenvalue weighted by atomic mass is 10.0. The number of carbonyl (C=O) groups excluding carboxylic acids is 3. The first-order valence-electron chi connectivity index (χ1n) is 13.3. The Morgan fingerprint density at radius 1 is 1.14 bits per heavy atom. The number of halogens is 1. The van der Waals surface area contributed by atoms with Crippen LogP contribution < -0.4 is 16.0 Å². The van der Waals surface area contributed by atoms with E-state index in [0.717, 1.165) is 17.8 Å². The number of imidazole rings is 1. The average Bonchev–Trinajstić information content (AvgIpc) is 3.68. The number of aryl methyl sites for hydroxylation is 1. The summed E-state index contributed by atoms with van der Waals surface area (Å²) < 4.78 is 6.21. The van der Waals surface area contributed by atoms with Crippen LogP contribution >= 0.6 is 11.6 Å². The van der Waals surface area contributed by atoms with Gasteiger partial charge in [-0.2, -0.15) is 4.68 Å². The van der Waals surface area contributed by atoms with Crippen LogP contribution in [0.25, 0.3) is 23.0 Å². The van der Waals surface area contributed by atoms with E-state index in [-0.39, 0.29) is 12.3 Å². The molecule has 0 atom stereocenters. The Hall–Kier alpha value is -5.30. The van der Waals surface area contributed by atoms with E-state index in [1.54, 1.807) is 42.6 Å². The first-order valence-corrected chi connectivity index (χ1v) is 13.7. The van der Waals surface area contributed by atoms with E-state index in [9.17, 15) is 14.4 Å². The lowest BCUT2D eigenvalue weighted by molar-refractivity contribution is -0.116. The number of aromatic nitrogens is 6. The number of fused-ring (bicyclic) bond motifs is 4. The van der Waals surface area contributed by atoms with Gasteiger partial charge in [0.1, 0.15) is 12.2 Å². The maximum Gasteiger partial charge on any atom is 0.411 e. The molecule has 5 rings (SSSR count). The lowest BCUT2D eigenvalue weighted by Crippen LogP contribution is -2.16. The quantitative estimate of drug-likeness (QED) is 0.180. The van der Waals surface area contributed by atoms with Crippen molar-refractivity contribution in [2.24, 2.45) is 0 Å². The molecule has 0 unspecified atom stereocenters. The van der Waals surface area contributed by atoms with E-state index in [2.05, 4.69) is 47.5 Å². The number of amides is 3. The molecule has 220 valence electrons. The predicted octanol–water partition coefficient (Wildman–Crippen LogP) is 5.15. The number of ether oxygens (including phenoxy) is 1. The van der Waals surface area contributed by atoms with Crippen LogP contribution in [-0.4, -0.2) is 55.2 Å². The Bertz CT molecular complexity index is 1730. The summed E-state index contributed by atoms with van der Waals surface area (Å²) in [6.45, 7) is 1.99. The minimum atomic E-state index is -0.714. The molecule has 4 N–H and O–H groups in total. The number of carbonyl (C=O) groups is 3. The monoisotopic (exact) mass is 601 g/mol. The summed E-state index contributed by atoms with van der Waals surface area (Å²) in [5.41, 5.74) is 4.34. The third-order valence-electron chi connectivity index (χ3n) is 6.62. The molecule has 0 radical (unpaired) electrons. The van der Waals surface area contributed by atoms with Crippen molar-refractivity contribution >= 4 is 52.6 Å². The van der Waals surface area contributed by atoms with Crippen molar-refractivity contribution in [2.75, 3.05) is 23.1 Å². The fourth-order valence-electron chi connectivity index (χ4n) is 4.55. The predicted molar refractivity (Wildman–Crippen MR) is 162 cm³/mol. The molecular formula is C29H28ClN9O4. The maximum atomic E-state index is 13.3. The van der Waals surface area contributed by atoms with Crippen molar-refractivity contribution in [2.45, 2.75) is 32.6 Å². The van der Waals surface area contributed by atoms with E-state index < -0.39 is 12.0 Å². The second kappa shape index (κ2) is 13.1. The minimum Gasteiger partial charge on any atom is -0.453 e. The molecule has 2 aromatic heterocycles. The molecular weight excluding hydrogens is 574 g/mol. The third kappa shape index (κ3) is 7.32. The molecule has 0 saturated heterocycles. The van der Waals surface area contributed by atoms with Crippen molar-refractivity contribution in [3.05, 3.63) is 77.0 Å². The topological polar surface area (TPSA) is 169 Å². The highest BCUT2D eigenvalue weighted by Crippen LogP contribution is 2.38. The fraction of sp³-hybridized carbons (Fsp3) is 0.207. The number of rotatable bonds is 5. The number of aromatic amines is 1. The van der Waals surface area contributed by atoms with Crippen molar-refractivity contribution in [1.82, 2.24) is 30.2 Å². The number of hydrogen-bond acceptors (Lipinski definition) is 8. The zero-order valence-corrected chi connectivity index (χ0v) is 24.1. The molecule has 13 nitrogen and oxygen atoms in total. The molecule has 0 spiro atoms. The number of hydrogen-bond donors (Lipinski definition) is 4. The first-order chi connectivity index (χ1) is 20.8. The highest BCUT2D eigenvalue weighted by molar-refractivity contribution is 6.30. The van der Waals surface area contributed by atoms with Gasteiger partial charge in [0.05, 0.1) is 36.1 Å². The van der Waals surface area contributed by atoms with Gasteiger partial charge in [0, 0.05) is 40.8 Å². The van der Waals surface area contributed by atoms with Gasteiger partial charge >= 0.3 is 6.09 Å². The zero-order chi connectivity index (χ0) is 30.3. The number of tetrazole rings is 1. The van der Waals surface area contributed by atoms with Gasteiger partial charge in [-0.15, -0.1) is 5.10 Å². The van der Waals surface area contributed by atoms with Crippen molar-refractivity contribution in [1.29, 1.82) is 0 Å². The minimum absolute atomic E-state index is 0.225. The average molecular weight is 602 g/mol. The Balaban J connectivity index is 1.54. The zero-order valence-electron chi connectivity index (χ0n) is 23.3. The summed E-state index contributed by atoms with van der Waals surface area (Å²) in [6, 6.07) is 8.27. The smallest absolute Gasteiger partial charge is 0.411 e. The molecule has 3 heterocycles. The number of H-pyrrole nitrogens is 1. The van der Waals surface area contributed by atoms with Gasteiger partial charge in [0.15, 0.2) is 0 Å². The van der Waals surface area contributed by atoms with Crippen molar-refractivity contribution in [3.8, 4) is 16.9 Å². The lowest BCUT2D eigenvalue weighted by Gasteiger charge is -2.18. The molecule has 2 aromatic carbocycles.